The summed E-state index contributed by atoms with van der Waals surface area (Å²) in [6.45, 7) is 16.1. The third-order valence-electron chi connectivity index (χ3n) is 6.87. The molecule has 0 radical (unpaired) electrons. The van der Waals surface area contributed by atoms with Crippen molar-refractivity contribution in [2.75, 3.05) is 0 Å². The van der Waals surface area contributed by atoms with Crippen molar-refractivity contribution < 1.29 is 0 Å². The molecular weight excluding hydrogens is 300 g/mol. The summed E-state index contributed by atoms with van der Waals surface area (Å²) in [6, 6.07) is 0. The molecule has 0 aliphatic heterocycles. The van der Waals surface area contributed by atoms with Gasteiger partial charge in [0.1, 0.15) is 0 Å². The van der Waals surface area contributed by atoms with Crippen molar-refractivity contribution in [2.45, 2.75) is 92.4 Å². The fourth-order valence-corrected chi connectivity index (χ4v) is 4.94. The van der Waals surface area contributed by atoms with E-state index in [1.54, 1.807) is 16.7 Å². The predicted molar refractivity (Wildman–Crippen MR) is 113 cm³/mol. The molecule has 0 aromatic carbocycles. The third-order valence-corrected chi connectivity index (χ3v) is 6.87. The van der Waals surface area contributed by atoms with Crippen LogP contribution in [0.5, 0.6) is 0 Å². The highest BCUT2D eigenvalue weighted by Gasteiger charge is 2.43. The van der Waals surface area contributed by atoms with Gasteiger partial charge < -0.3 is 0 Å². The SMILES string of the molecule is C=C(C)[C@@H]1CC[C@]2(C)C/C=C(\C)CC/C=C(\C)CC/C=C(\C)CC[C@@H]12. The molecule has 1 saturated carbocycles. The van der Waals surface area contributed by atoms with E-state index >= 15 is 0 Å². The smallest absolute Gasteiger partial charge is 0.0175 e. The van der Waals surface area contributed by atoms with Crippen molar-refractivity contribution in [3.8, 4) is 0 Å². The van der Waals surface area contributed by atoms with Crippen LogP contribution in [-0.4, -0.2) is 0 Å². The van der Waals surface area contributed by atoms with Gasteiger partial charge in [-0.3, -0.25) is 0 Å². The fraction of sp³-hybridized carbons (Fsp3) is 0.680. The van der Waals surface area contributed by atoms with Crippen molar-refractivity contribution in [1.82, 2.24) is 0 Å². The molecule has 0 spiro atoms. The zero-order valence-corrected chi connectivity index (χ0v) is 17.5. The van der Waals surface area contributed by atoms with Crippen molar-refractivity contribution >= 4 is 0 Å². The number of hydrogen-bond acceptors (Lipinski definition) is 0. The van der Waals surface area contributed by atoms with Crippen molar-refractivity contribution in [3.05, 3.63) is 47.1 Å². The first-order valence-corrected chi connectivity index (χ1v) is 10.4. The Labute approximate surface area is 157 Å². The summed E-state index contributed by atoms with van der Waals surface area (Å²) in [6.07, 6.45) is 18.9. The molecule has 1 fully saturated rings. The minimum absolute atomic E-state index is 0.455. The molecule has 25 heavy (non-hydrogen) atoms. The van der Waals surface area contributed by atoms with E-state index in [2.05, 4.69) is 59.4 Å². The van der Waals surface area contributed by atoms with Gasteiger partial charge in [-0.2, -0.15) is 0 Å². The Morgan fingerprint density at radius 1 is 0.920 bits per heavy atom. The molecule has 2 rings (SSSR count). The zero-order chi connectivity index (χ0) is 18.4. The van der Waals surface area contributed by atoms with Gasteiger partial charge in [0, 0.05) is 0 Å². The minimum Gasteiger partial charge on any atom is -0.0999 e. The van der Waals surface area contributed by atoms with E-state index in [1.807, 2.05) is 0 Å². The van der Waals surface area contributed by atoms with Gasteiger partial charge in [-0.05, 0) is 103 Å². The molecule has 0 aromatic heterocycles. The van der Waals surface area contributed by atoms with Gasteiger partial charge in [0.2, 0.25) is 0 Å². The van der Waals surface area contributed by atoms with E-state index in [-0.39, 0.29) is 0 Å². The zero-order valence-electron chi connectivity index (χ0n) is 17.5. The van der Waals surface area contributed by atoms with Crippen LogP contribution in [0.1, 0.15) is 92.4 Å². The number of rotatable bonds is 1. The average Bonchev–Trinajstić information content (AvgIpc) is 2.87. The molecule has 0 heterocycles. The molecule has 0 saturated heterocycles. The van der Waals surface area contributed by atoms with Crippen LogP contribution in [0.4, 0.5) is 0 Å². The van der Waals surface area contributed by atoms with Gasteiger partial charge in [0.15, 0.2) is 0 Å². The molecule has 0 nitrogen and oxygen atoms in total. The Morgan fingerprint density at radius 3 is 2.08 bits per heavy atom. The second kappa shape index (κ2) is 9.06. The highest BCUT2D eigenvalue weighted by molar-refractivity contribution is 5.13. The second-order valence-corrected chi connectivity index (χ2v) is 9.22. The van der Waals surface area contributed by atoms with Crippen LogP contribution in [0, 0.1) is 17.3 Å². The summed E-state index contributed by atoms with van der Waals surface area (Å²) < 4.78 is 0. The summed E-state index contributed by atoms with van der Waals surface area (Å²) in [4.78, 5) is 0. The van der Waals surface area contributed by atoms with Crippen LogP contribution in [-0.2, 0) is 0 Å². The average molecular weight is 341 g/mol. The fourth-order valence-electron chi connectivity index (χ4n) is 4.94. The molecule has 2 aliphatic rings. The van der Waals surface area contributed by atoms with Crippen molar-refractivity contribution in [3.63, 3.8) is 0 Å². The van der Waals surface area contributed by atoms with E-state index < -0.39 is 0 Å². The molecule has 2 aliphatic carbocycles. The summed E-state index contributed by atoms with van der Waals surface area (Å²) in [5.74, 6) is 1.52. The molecule has 0 bridgehead atoms. The number of allylic oxidation sites excluding steroid dienone is 7. The molecular formula is C25H40. The lowest BCUT2D eigenvalue weighted by Gasteiger charge is -2.34. The molecule has 3 atom stereocenters. The van der Waals surface area contributed by atoms with Crippen LogP contribution < -0.4 is 0 Å². The molecule has 0 heteroatoms. The first-order chi connectivity index (χ1) is 11.8. The summed E-state index contributed by atoms with van der Waals surface area (Å²) in [7, 11) is 0. The quantitative estimate of drug-likeness (QED) is 0.422. The summed E-state index contributed by atoms with van der Waals surface area (Å²) >= 11 is 0. The Bertz CT molecular complexity index is 557. The van der Waals surface area contributed by atoms with Gasteiger partial charge in [-0.15, -0.1) is 0 Å². The predicted octanol–water partition coefficient (Wildman–Crippen LogP) is 8.18. The topological polar surface area (TPSA) is 0 Å². The summed E-state index contributed by atoms with van der Waals surface area (Å²) in [5, 5.41) is 0. The molecule has 0 N–H and O–H groups in total. The standard InChI is InChI=1S/C25H40/c1-19(2)23-16-18-25(6)17-15-22(5)12-8-10-20(3)9-7-11-21(4)13-14-24(23)25/h10-11,15,23-24H,1,7-9,12-14,16-18H2,2-6H3/b20-10+,21-11+,22-15+/t23-,24-,25-/m0/s1. The van der Waals surface area contributed by atoms with Crippen LogP contribution in [0.3, 0.4) is 0 Å². The number of hydrogen-bond donors (Lipinski definition) is 0. The maximum absolute atomic E-state index is 4.33. The first-order valence-electron chi connectivity index (χ1n) is 10.4. The maximum atomic E-state index is 4.33. The highest BCUT2D eigenvalue weighted by Crippen LogP contribution is 2.53. The normalized spacial score (nSPS) is 38.8. The van der Waals surface area contributed by atoms with Gasteiger partial charge in [-0.1, -0.05) is 54.0 Å². The first kappa shape index (κ1) is 20.3. The molecule has 0 unspecified atom stereocenters. The lowest BCUT2D eigenvalue weighted by atomic mass is 9.70. The highest BCUT2D eigenvalue weighted by atomic mass is 14.5. The Hall–Kier alpha value is -1.04. The number of fused-ring (bicyclic) bond motifs is 1. The van der Waals surface area contributed by atoms with E-state index in [9.17, 15) is 0 Å². The second-order valence-electron chi connectivity index (χ2n) is 9.22. The molecule has 0 amide bonds. The Morgan fingerprint density at radius 2 is 1.48 bits per heavy atom. The maximum Gasteiger partial charge on any atom is -0.0175 e. The van der Waals surface area contributed by atoms with E-state index in [0.29, 0.717) is 5.41 Å². The largest absolute Gasteiger partial charge is 0.0999 e. The lowest BCUT2D eigenvalue weighted by Crippen LogP contribution is -2.25. The molecule has 0 aromatic rings. The van der Waals surface area contributed by atoms with Gasteiger partial charge in [0.25, 0.3) is 0 Å². The van der Waals surface area contributed by atoms with E-state index in [0.717, 1.165) is 11.8 Å². The van der Waals surface area contributed by atoms with Gasteiger partial charge in [-0.25, -0.2) is 0 Å². The lowest BCUT2D eigenvalue weighted by molar-refractivity contribution is 0.194. The van der Waals surface area contributed by atoms with Crippen LogP contribution in [0.25, 0.3) is 0 Å². The molecule has 140 valence electrons. The Balaban J connectivity index is 2.22. The van der Waals surface area contributed by atoms with Crippen molar-refractivity contribution in [1.29, 1.82) is 0 Å². The van der Waals surface area contributed by atoms with Crippen LogP contribution in [0.2, 0.25) is 0 Å². The van der Waals surface area contributed by atoms with Crippen molar-refractivity contribution in [2.24, 2.45) is 17.3 Å². The van der Waals surface area contributed by atoms with E-state index in [1.165, 1.54) is 63.4 Å². The third kappa shape index (κ3) is 5.73. The Kier molecular flexibility index (Phi) is 7.35. The summed E-state index contributed by atoms with van der Waals surface area (Å²) in [5.41, 5.74) is 6.58. The van der Waals surface area contributed by atoms with Crippen LogP contribution >= 0.6 is 0 Å². The van der Waals surface area contributed by atoms with E-state index in [4.69, 9.17) is 0 Å². The van der Waals surface area contributed by atoms with Gasteiger partial charge in [0.05, 0.1) is 0 Å². The van der Waals surface area contributed by atoms with Crippen LogP contribution in [0.15, 0.2) is 47.1 Å². The van der Waals surface area contributed by atoms with Gasteiger partial charge >= 0.3 is 0 Å². The minimum atomic E-state index is 0.455. The monoisotopic (exact) mass is 340 g/mol.